The zero-order valence-electron chi connectivity index (χ0n) is 8.17. The molecule has 1 aromatic heterocycles. The molecule has 0 saturated heterocycles. The summed E-state index contributed by atoms with van der Waals surface area (Å²) in [4.78, 5) is 30.2. The molecule has 0 unspecified atom stereocenters. The van der Waals surface area contributed by atoms with Gasteiger partial charge in [-0.1, -0.05) is 0 Å². The number of fused-ring (bicyclic) bond motifs is 1. The van der Waals surface area contributed by atoms with Crippen molar-refractivity contribution in [3.8, 4) is 0 Å². The summed E-state index contributed by atoms with van der Waals surface area (Å²) < 4.78 is 0. The van der Waals surface area contributed by atoms with E-state index >= 15 is 0 Å². The summed E-state index contributed by atoms with van der Waals surface area (Å²) in [7, 11) is 0. The summed E-state index contributed by atoms with van der Waals surface area (Å²) in [5.41, 5.74) is 0.715. The number of aromatic nitrogens is 2. The molecule has 1 aliphatic heterocycles. The van der Waals surface area contributed by atoms with Gasteiger partial charge in [-0.05, 0) is 19.3 Å². The normalized spacial score (nSPS) is 19.6. The lowest BCUT2D eigenvalue weighted by Crippen LogP contribution is -2.37. The van der Waals surface area contributed by atoms with E-state index in [2.05, 4.69) is 15.3 Å². The highest BCUT2D eigenvalue weighted by molar-refractivity contribution is 5.94. The van der Waals surface area contributed by atoms with Crippen LogP contribution in [-0.2, 0) is 6.42 Å². The summed E-state index contributed by atoms with van der Waals surface area (Å²) in [6.07, 6.45) is 2.70. The minimum absolute atomic E-state index is 0.142. The van der Waals surface area contributed by atoms with Crippen molar-refractivity contribution >= 4 is 5.91 Å². The SMILES string of the molecule is O=C1NCCc2c1nc(C1CC1)[nH]c2=O. The zero-order chi connectivity index (χ0) is 10.4. The first kappa shape index (κ1) is 8.64. The lowest BCUT2D eigenvalue weighted by molar-refractivity contribution is 0.0939. The molecule has 78 valence electrons. The molecule has 15 heavy (non-hydrogen) atoms. The third kappa shape index (κ3) is 1.35. The second-order valence-corrected chi connectivity index (χ2v) is 4.06. The third-order valence-electron chi connectivity index (χ3n) is 2.87. The van der Waals surface area contributed by atoms with Gasteiger partial charge in [-0.2, -0.15) is 0 Å². The molecule has 5 nitrogen and oxygen atoms in total. The van der Waals surface area contributed by atoms with Gasteiger partial charge in [0, 0.05) is 12.5 Å². The average Bonchev–Trinajstić information content (AvgIpc) is 3.02. The maximum absolute atomic E-state index is 11.7. The Morgan fingerprint density at radius 3 is 2.80 bits per heavy atom. The minimum Gasteiger partial charge on any atom is -0.350 e. The van der Waals surface area contributed by atoms with Crippen LogP contribution < -0.4 is 10.9 Å². The first-order valence-electron chi connectivity index (χ1n) is 5.17. The van der Waals surface area contributed by atoms with Gasteiger partial charge >= 0.3 is 0 Å². The van der Waals surface area contributed by atoms with Gasteiger partial charge in [-0.15, -0.1) is 0 Å². The third-order valence-corrected chi connectivity index (χ3v) is 2.87. The van der Waals surface area contributed by atoms with E-state index < -0.39 is 0 Å². The number of amides is 1. The fourth-order valence-corrected chi connectivity index (χ4v) is 1.87. The van der Waals surface area contributed by atoms with Crippen molar-refractivity contribution in [3.05, 3.63) is 27.4 Å². The molecule has 1 aliphatic carbocycles. The van der Waals surface area contributed by atoms with Crippen LogP contribution in [0.3, 0.4) is 0 Å². The van der Waals surface area contributed by atoms with Gasteiger partial charge in [0.25, 0.3) is 11.5 Å². The molecule has 2 aliphatic rings. The van der Waals surface area contributed by atoms with Crippen LogP contribution in [-0.4, -0.2) is 22.4 Å². The van der Waals surface area contributed by atoms with Crippen LogP contribution in [0.1, 0.15) is 40.6 Å². The van der Waals surface area contributed by atoms with Gasteiger partial charge in [0.2, 0.25) is 0 Å². The molecule has 0 spiro atoms. The Labute approximate surface area is 85.9 Å². The van der Waals surface area contributed by atoms with E-state index in [1.54, 1.807) is 0 Å². The number of aromatic amines is 1. The van der Waals surface area contributed by atoms with Crippen LogP contribution in [0, 0.1) is 0 Å². The standard InChI is InChI=1S/C10H11N3O2/c14-9-6-3-4-11-10(15)7(6)12-8(13-9)5-1-2-5/h5H,1-4H2,(H,11,15)(H,12,13,14). The maximum Gasteiger partial charge on any atom is 0.270 e. The van der Waals surface area contributed by atoms with Crippen LogP contribution in [0.5, 0.6) is 0 Å². The van der Waals surface area contributed by atoms with E-state index in [0.29, 0.717) is 36.0 Å². The van der Waals surface area contributed by atoms with Gasteiger partial charge in [-0.25, -0.2) is 4.98 Å². The minimum atomic E-state index is -0.218. The van der Waals surface area contributed by atoms with Crippen molar-refractivity contribution in [3.63, 3.8) is 0 Å². The molecular weight excluding hydrogens is 194 g/mol. The van der Waals surface area contributed by atoms with Gasteiger partial charge in [0.1, 0.15) is 11.5 Å². The monoisotopic (exact) mass is 205 g/mol. The number of carbonyl (C=O) groups excluding carboxylic acids is 1. The molecular formula is C10H11N3O2. The van der Waals surface area contributed by atoms with Gasteiger partial charge in [0.15, 0.2) is 0 Å². The van der Waals surface area contributed by atoms with Crippen molar-refractivity contribution in [2.45, 2.75) is 25.2 Å². The molecule has 2 N–H and O–H groups in total. The van der Waals surface area contributed by atoms with Crippen LogP contribution in [0.4, 0.5) is 0 Å². The van der Waals surface area contributed by atoms with E-state index in [1.807, 2.05) is 0 Å². The summed E-state index contributed by atoms with van der Waals surface area (Å²) in [5, 5.41) is 2.70. The summed E-state index contributed by atoms with van der Waals surface area (Å²) >= 11 is 0. The Morgan fingerprint density at radius 2 is 2.07 bits per heavy atom. The molecule has 0 bridgehead atoms. The largest absolute Gasteiger partial charge is 0.350 e. The second kappa shape index (κ2) is 2.92. The maximum atomic E-state index is 11.7. The summed E-state index contributed by atoms with van der Waals surface area (Å²) in [6, 6.07) is 0. The predicted octanol–water partition coefficient (Wildman–Crippen LogP) is -0.0668. The van der Waals surface area contributed by atoms with Crippen molar-refractivity contribution < 1.29 is 4.79 Å². The highest BCUT2D eigenvalue weighted by atomic mass is 16.2. The van der Waals surface area contributed by atoms with Crippen LogP contribution in [0.2, 0.25) is 0 Å². The molecule has 0 radical (unpaired) electrons. The molecule has 1 saturated carbocycles. The number of hydrogen-bond donors (Lipinski definition) is 2. The molecule has 1 amide bonds. The topological polar surface area (TPSA) is 74.8 Å². The molecule has 2 heterocycles. The first-order chi connectivity index (χ1) is 7.25. The Morgan fingerprint density at radius 1 is 1.27 bits per heavy atom. The van der Waals surface area contributed by atoms with Crippen LogP contribution in [0.15, 0.2) is 4.79 Å². The summed E-state index contributed by atoms with van der Waals surface area (Å²) in [5.74, 6) is 0.817. The number of hydrogen-bond acceptors (Lipinski definition) is 3. The lowest BCUT2D eigenvalue weighted by Gasteiger charge is -2.14. The van der Waals surface area contributed by atoms with E-state index in [0.717, 1.165) is 12.8 Å². The Kier molecular flexibility index (Phi) is 1.68. The number of H-pyrrole nitrogens is 1. The Hall–Kier alpha value is -1.65. The zero-order valence-corrected chi connectivity index (χ0v) is 8.17. The van der Waals surface area contributed by atoms with Gasteiger partial charge in [-0.3, -0.25) is 9.59 Å². The summed E-state index contributed by atoms with van der Waals surface area (Å²) in [6.45, 7) is 0.527. The van der Waals surface area contributed by atoms with Crippen molar-refractivity contribution in [1.29, 1.82) is 0 Å². The van der Waals surface area contributed by atoms with E-state index in [-0.39, 0.29) is 11.5 Å². The Balaban J connectivity index is 2.18. The number of rotatable bonds is 1. The number of nitrogens with zero attached hydrogens (tertiary/aromatic N) is 1. The second-order valence-electron chi connectivity index (χ2n) is 4.06. The first-order valence-corrected chi connectivity index (χ1v) is 5.17. The van der Waals surface area contributed by atoms with Crippen molar-refractivity contribution in [2.75, 3.05) is 6.54 Å². The van der Waals surface area contributed by atoms with E-state index in [9.17, 15) is 9.59 Å². The molecule has 1 fully saturated rings. The highest BCUT2D eigenvalue weighted by Crippen LogP contribution is 2.37. The molecule has 0 aromatic carbocycles. The van der Waals surface area contributed by atoms with Crippen LogP contribution in [0.25, 0.3) is 0 Å². The lowest BCUT2D eigenvalue weighted by atomic mass is 10.1. The predicted molar refractivity (Wildman–Crippen MR) is 52.9 cm³/mol. The van der Waals surface area contributed by atoms with Crippen LogP contribution >= 0.6 is 0 Å². The molecule has 0 atom stereocenters. The van der Waals surface area contributed by atoms with Crippen molar-refractivity contribution in [1.82, 2.24) is 15.3 Å². The fraction of sp³-hybridized carbons (Fsp3) is 0.500. The van der Waals surface area contributed by atoms with Gasteiger partial charge in [0.05, 0.1) is 5.56 Å². The van der Waals surface area contributed by atoms with E-state index in [1.165, 1.54) is 0 Å². The van der Waals surface area contributed by atoms with Crippen molar-refractivity contribution in [2.24, 2.45) is 0 Å². The van der Waals surface area contributed by atoms with Gasteiger partial charge < -0.3 is 10.3 Å². The fourth-order valence-electron chi connectivity index (χ4n) is 1.87. The quantitative estimate of drug-likeness (QED) is 0.674. The number of carbonyl (C=O) groups is 1. The Bertz CT molecular complexity index is 488. The smallest absolute Gasteiger partial charge is 0.270 e. The molecule has 1 aromatic rings. The average molecular weight is 205 g/mol. The highest BCUT2D eigenvalue weighted by Gasteiger charge is 2.29. The molecule has 3 rings (SSSR count). The van der Waals surface area contributed by atoms with E-state index in [4.69, 9.17) is 0 Å². The number of nitrogens with one attached hydrogen (secondary N) is 2. The molecule has 5 heteroatoms.